The third-order valence-electron chi connectivity index (χ3n) is 0.781. The molecule has 0 radical (unpaired) electrons. The molecule has 0 rings (SSSR count). The molecule has 0 bridgehead atoms. The molecule has 0 aromatic rings. The fraction of sp³-hybridized carbons (Fsp3) is 0.429. The van der Waals surface area contributed by atoms with E-state index in [9.17, 15) is 9.59 Å². The van der Waals surface area contributed by atoms with Crippen LogP contribution in [-0.2, 0) is 38.7 Å². The zero-order valence-corrected chi connectivity index (χ0v) is 11.2. The van der Waals surface area contributed by atoms with Crippen molar-refractivity contribution in [2.75, 3.05) is 0 Å². The van der Waals surface area contributed by atoms with Gasteiger partial charge in [-0.25, -0.2) is 0 Å². The van der Waals surface area contributed by atoms with Crippen LogP contribution in [0.2, 0.25) is 0 Å². The largest absolute Gasteiger partial charge is 2.00 e. The average molecular weight is 288 g/mol. The van der Waals surface area contributed by atoms with Crippen molar-refractivity contribution in [1.29, 1.82) is 0 Å². The summed E-state index contributed by atoms with van der Waals surface area (Å²) >= 11 is 0. The topological polar surface area (TPSA) is 149 Å². The summed E-state index contributed by atoms with van der Waals surface area (Å²) in [6, 6.07) is 0. The number of carboxylic acid groups (broad SMARTS) is 2. The molecule has 0 heterocycles. The number of hydrogen-bond donors (Lipinski definition) is 4. The quantitative estimate of drug-likeness (QED) is 0.401. The molecule has 0 aliphatic heterocycles. The minimum Gasteiger partial charge on any atom is -0.665 e. The standard InChI is InChI=1S/C5H8O4.2CHO2.Zn/c6-4(7)2-1-3-5(8)9;2*2-1-3;/h1-3H2,(H,6,7)(H,8,9);2*(H,2,3);/q;2*-1;+2. The van der Waals surface area contributed by atoms with E-state index in [2.05, 4.69) is 0 Å². The number of rotatable bonds is 4. The molecule has 0 saturated carbocycles. The smallest absolute Gasteiger partial charge is 0.665 e. The Morgan fingerprint density at radius 2 is 1.06 bits per heavy atom. The van der Waals surface area contributed by atoms with Gasteiger partial charge in [-0.3, -0.25) is 9.59 Å². The number of hydrogen-bond acceptors (Lipinski definition) is 4. The van der Waals surface area contributed by atoms with Crippen LogP contribution < -0.4 is 0 Å². The Morgan fingerprint density at radius 3 is 1.19 bits per heavy atom. The van der Waals surface area contributed by atoms with Crippen LogP contribution in [0.5, 0.6) is 0 Å². The minimum atomic E-state index is -0.948. The monoisotopic (exact) mass is 286 g/mol. The van der Waals surface area contributed by atoms with Crippen molar-refractivity contribution in [3.63, 3.8) is 0 Å². The van der Waals surface area contributed by atoms with Crippen LogP contribution in [0.4, 0.5) is 0 Å². The minimum absolute atomic E-state index is 0. The molecule has 0 spiro atoms. The van der Waals surface area contributed by atoms with Gasteiger partial charge in [0.15, 0.2) is 0 Å². The number of carbonyl (C=O) groups is 2. The van der Waals surface area contributed by atoms with Crippen molar-refractivity contribution >= 4 is 24.9 Å². The average Bonchev–Trinajstić information content (AvgIpc) is 2.05. The van der Waals surface area contributed by atoms with Gasteiger partial charge < -0.3 is 30.0 Å². The molecule has 9 heteroatoms. The van der Waals surface area contributed by atoms with E-state index >= 15 is 0 Å². The Morgan fingerprint density at radius 1 is 0.875 bits per heavy atom. The molecule has 0 aromatic heterocycles. The van der Waals surface area contributed by atoms with Crippen LogP contribution in [-0.4, -0.2) is 45.3 Å². The first-order valence-corrected chi connectivity index (χ1v) is 3.42. The molecule has 0 aliphatic rings. The molecule has 8 nitrogen and oxygen atoms in total. The second-order valence-electron chi connectivity index (χ2n) is 1.82. The summed E-state index contributed by atoms with van der Waals surface area (Å²) in [4.78, 5) is 36.0. The van der Waals surface area contributed by atoms with Gasteiger partial charge in [-0.1, -0.05) is 12.9 Å². The fourth-order valence-electron chi connectivity index (χ4n) is 0.391. The van der Waals surface area contributed by atoms with Gasteiger partial charge in [-0.05, 0) is 6.42 Å². The summed E-state index contributed by atoms with van der Waals surface area (Å²) in [5.41, 5.74) is 0. The van der Waals surface area contributed by atoms with Crippen molar-refractivity contribution in [1.82, 2.24) is 0 Å². The summed E-state index contributed by atoms with van der Waals surface area (Å²) < 4.78 is 0. The van der Waals surface area contributed by atoms with Gasteiger partial charge in [0.05, 0.1) is 0 Å². The summed E-state index contributed by atoms with van der Waals surface area (Å²) in [6.45, 7) is 1.00. The summed E-state index contributed by atoms with van der Waals surface area (Å²) in [6.07, 6.45) is 0.0866. The third-order valence-corrected chi connectivity index (χ3v) is 0.781. The molecule has 0 unspecified atom stereocenters. The first-order chi connectivity index (χ1) is 6.95. The van der Waals surface area contributed by atoms with Gasteiger partial charge in [0.1, 0.15) is 0 Å². The van der Waals surface area contributed by atoms with Gasteiger partial charge in [0.25, 0.3) is 0 Å². The second kappa shape index (κ2) is 23.4. The SMILES string of the molecule is O=C(O)CCCC(=O)O.O=[C-]O.O=[C-]O.[Zn+2]. The normalized spacial score (nSPS) is 6.50. The summed E-state index contributed by atoms with van der Waals surface area (Å²) in [5.74, 6) is -1.90. The molecule has 0 amide bonds. The van der Waals surface area contributed by atoms with Gasteiger partial charge in [0.2, 0.25) is 0 Å². The van der Waals surface area contributed by atoms with Crippen molar-refractivity contribution in [2.24, 2.45) is 0 Å². The zero-order chi connectivity index (χ0) is 12.7. The Hall–Kier alpha value is -1.50. The van der Waals surface area contributed by atoms with E-state index in [1.54, 1.807) is 0 Å². The van der Waals surface area contributed by atoms with E-state index < -0.39 is 11.9 Å². The fourth-order valence-corrected chi connectivity index (χ4v) is 0.391. The zero-order valence-electron chi connectivity index (χ0n) is 8.25. The second-order valence-corrected chi connectivity index (χ2v) is 1.82. The molecule has 0 atom stereocenters. The molecule has 0 saturated heterocycles. The van der Waals surface area contributed by atoms with Crippen molar-refractivity contribution in [3.8, 4) is 0 Å². The summed E-state index contributed by atoms with van der Waals surface area (Å²) in [7, 11) is 0. The van der Waals surface area contributed by atoms with Gasteiger partial charge in [-0.15, -0.1) is 0 Å². The Labute approximate surface area is 104 Å². The maximum absolute atomic E-state index is 9.79. The van der Waals surface area contributed by atoms with Crippen molar-refractivity contribution in [2.45, 2.75) is 19.3 Å². The van der Waals surface area contributed by atoms with E-state index in [1.165, 1.54) is 0 Å². The van der Waals surface area contributed by atoms with Crippen molar-refractivity contribution in [3.05, 3.63) is 0 Å². The predicted octanol–water partition coefficient (Wildman–Crippen LogP) is -0.453. The maximum Gasteiger partial charge on any atom is 2.00 e. The molecule has 0 aromatic carbocycles. The van der Waals surface area contributed by atoms with Gasteiger partial charge in [-0.2, -0.15) is 0 Å². The molecule has 0 fully saturated rings. The van der Waals surface area contributed by atoms with E-state index in [-0.39, 0.29) is 38.7 Å². The number of aliphatic carboxylic acids is 2. The maximum atomic E-state index is 9.79. The third kappa shape index (κ3) is 81.6. The van der Waals surface area contributed by atoms with Crippen LogP contribution in [0.15, 0.2) is 0 Å². The first kappa shape index (κ1) is 24.0. The van der Waals surface area contributed by atoms with Crippen LogP contribution in [0, 0.1) is 0 Å². The van der Waals surface area contributed by atoms with E-state index in [4.69, 9.17) is 30.0 Å². The number of aliphatic hydroxyl groups excluding tert-OH is 2. The van der Waals surface area contributed by atoms with Gasteiger partial charge in [0, 0.05) is 12.8 Å². The van der Waals surface area contributed by atoms with E-state index in [0.29, 0.717) is 12.9 Å². The summed E-state index contributed by atoms with van der Waals surface area (Å²) in [5, 5.41) is 29.6. The predicted molar refractivity (Wildman–Crippen MR) is 45.8 cm³/mol. The Kier molecular flexibility index (Phi) is 35.0. The molecular formula is C7H10O8Zn. The van der Waals surface area contributed by atoms with Gasteiger partial charge >= 0.3 is 31.4 Å². The van der Waals surface area contributed by atoms with Crippen LogP contribution in [0.25, 0.3) is 0 Å². The molecular weight excluding hydrogens is 277 g/mol. The van der Waals surface area contributed by atoms with Crippen LogP contribution in [0.1, 0.15) is 19.3 Å². The first-order valence-electron chi connectivity index (χ1n) is 3.42. The van der Waals surface area contributed by atoms with Crippen LogP contribution >= 0.6 is 0 Å². The number of carboxylic acids is 2. The molecule has 4 N–H and O–H groups in total. The van der Waals surface area contributed by atoms with E-state index in [0.717, 1.165) is 0 Å². The van der Waals surface area contributed by atoms with Crippen molar-refractivity contribution < 1.29 is 59.1 Å². The van der Waals surface area contributed by atoms with Crippen LogP contribution in [0.3, 0.4) is 0 Å². The Bertz CT molecular complexity index is 173. The van der Waals surface area contributed by atoms with E-state index in [1.807, 2.05) is 0 Å². The Balaban J connectivity index is -0.0000000870. The molecule has 0 aliphatic carbocycles. The molecule has 16 heavy (non-hydrogen) atoms. The molecule has 88 valence electrons.